The van der Waals surface area contributed by atoms with E-state index in [1.807, 2.05) is 12.3 Å². The van der Waals surface area contributed by atoms with Crippen LogP contribution >= 0.6 is 0 Å². The molecule has 1 aromatic heterocycles. The molecule has 32 heavy (non-hydrogen) atoms. The van der Waals surface area contributed by atoms with Gasteiger partial charge in [-0.25, -0.2) is 13.4 Å². The molecule has 5 rings (SSSR count). The predicted molar refractivity (Wildman–Crippen MR) is 119 cm³/mol. The first-order chi connectivity index (χ1) is 15.4. The lowest BCUT2D eigenvalue weighted by Gasteiger charge is -2.38. The highest BCUT2D eigenvalue weighted by Crippen LogP contribution is 2.45. The summed E-state index contributed by atoms with van der Waals surface area (Å²) in [6, 6.07) is 3.96. The number of aromatic nitrogens is 1. The van der Waals surface area contributed by atoms with Crippen molar-refractivity contribution in [1.82, 2.24) is 15.2 Å². The molecule has 1 aromatic rings. The summed E-state index contributed by atoms with van der Waals surface area (Å²) in [4.78, 5) is 22.4. The summed E-state index contributed by atoms with van der Waals surface area (Å²) in [6.07, 6.45) is 3.58. The topological polar surface area (TPSA) is 101 Å². The van der Waals surface area contributed by atoms with E-state index < -0.39 is 9.84 Å². The van der Waals surface area contributed by atoms with Crippen LogP contribution in [0.4, 0.5) is 5.82 Å². The second-order valence-electron chi connectivity index (χ2n) is 9.60. The van der Waals surface area contributed by atoms with E-state index >= 15 is 0 Å². The number of amides is 1. The minimum atomic E-state index is -2.96. The largest absolute Gasteiger partial charge is 0.381 e. The molecular formula is C22H32N4O5S. The monoisotopic (exact) mass is 464 g/mol. The third-order valence-electron chi connectivity index (χ3n) is 7.33. The molecule has 9 nitrogen and oxygen atoms in total. The molecule has 1 spiro atoms. The zero-order valence-corrected chi connectivity index (χ0v) is 19.2. The highest BCUT2D eigenvalue weighted by molar-refractivity contribution is 7.92. The number of rotatable bonds is 5. The van der Waals surface area contributed by atoms with Crippen molar-refractivity contribution >= 4 is 21.6 Å². The fourth-order valence-corrected chi connectivity index (χ4v) is 6.86. The molecule has 0 saturated carbocycles. The van der Waals surface area contributed by atoms with Gasteiger partial charge in [-0.1, -0.05) is 0 Å². The van der Waals surface area contributed by atoms with Crippen LogP contribution in [0.5, 0.6) is 0 Å². The molecule has 0 aliphatic carbocycles. The number of pyridine rings is 1. The Morgan fingerprint density at radius 1 is 1.16 bits per heavy atom. The first kappa shape index (κ1) is 22.1. The van der Waals surface area contributed by atoms with Crippen LogP contribution in [0.25, 0.3) is 0 Å². The van der Waals surface area contributed by atoms with Crippen LogP contribution in [0, 0.1) is 11.3 Å². The Bertz CT molecular complexity index is 931. The van der Waals surface area contributed by atoms with Crippen LogP contribution < -0.4 is 10.2 Å². The quantitative estimate of drug-likeness (QED) is 0.653. The molecule has 5 heterocycles. The number of hydrogen-bond donors (Lipinski definition) is 1. The molecular weight excluding hydrogens is 432 g/mol. The maximum atomic E-state index is 13.2. The van der Waals surface area contributed by atoms with Crippen LogP contribution in [0.1, 0.15) is 18.4 Å². The Balaban J connectivity index is 1.27. The molecule has 4 aliphatic heterocycles. The molecule has 10 heteroatoms. The van der Waals surface area contributed by atoms with Crippen LogP contribution in [0.3, 0.4) is 0 Å². The van der Waals surface area contributed by atoms with Gasteiger partial charge in [-0.3, -0.25) is 9.69 Å². The van der Waals surface area contributed by atoms with E-state index in [9.17, 15) is 13.2 Å². The predicted octanol–water partition coefficient (Wildman–Crippen LogP) is 0.0600. The van der Waals surface area contributed by atoms with Gasteiger partial charge < -0.3 is 19.7 Å². The normalized spacial score (nSPS) is 27.9. The summed E-state index contributed by atoms with van der Waals surface area (Å²) >= 11 is 0. The first-order valence-corrected chi connectivity index (χ1v) is 13.3. The summed E-state index contributed by atoms with van der Waals surface area (Å²) in [5, 5.41) is 3.01. The van der Waals surface area contributed by atoms with Gasteiger partial charge in [-0.05, 0) is 30.5 Å². The molecule has 4 fully saturated rings. The zero-order valence-electron chi connectivity index (χ0n) is 18.4. The first-order valence-electron chi connectivity index (χ1n) is 11.5. The van der Waals surface area contributed by atoms with Crippen LogP contribution in [0.2, 0.25) is 0 Å². The Labute approximate surface area is 189 Å². The number of nitrogens with zero attached hydrogens (tertiary/aromatic N) is 3. The Kier molecular flexibility index (Phi) is 6.13. The third kappa shape index (κ3) is 4.64. The summed E-state index contributed by atoms with van der Waals surface area (Å²) in [5.41, 5.74) is 1.08. The number of anilines is 1. The number of morpholine rings is 1. The van der Waals surface area contributed by atoms with Crippen molar-refractivity contribution in [2.45, 2.75) is 25.4 Å². The number of nitrogens with one attached hydrogen (secondary N) is 1. The molecule has 4 saturated heterocycles. The van der Waals surface area contributed by atoms with E-state index in [4.69, 9.17) is 9.47 Å². The molecule has 1 unspecified atom stereocenters. The van der Waals surface area contributed by atoms with Gasteiger partial charge in [0.25, 0.3) is 0 Å². The minimum Gasteiger partial charge on any atom is -0.381 e. The molecule has 1 N–H and O–H groups in total. The van der Waals surface area contributed by atoms with E-state index in [0.717, 1.165) is 58.1 Å². The van der Waals surface area contributed by atoms with Crippen molar-refractivity contribution in [1.29, 1.82) is 0 Å². The molecule has 4 aliphatic rings. The Morgan fingerprint density at radius 2 is 1.88 bits per heavy atom. The van der Waals surface area contributed by atoms with Gasteiger partial charge >= 0.3 is 0 Å². The minimum absolute atomic E-state index is 0.00182. The smallest absolute Gasteiger partial charge is 0.225 e. The number of sulfone groups is 1. The van der Waals surface area contributed by atoms with Crippen molar-refractivity contribution in [3.05, 3.63) is 23.9 Å². The molecule has 0 aromatic carbocycles. The average molecular weight is 465 g/mol. The van der Waals surface area contributed by atoms with E-state index in [1.165, 1.54) is 5.56 Å². The SMILES string of the molecule is O=C(NC1CS(=O)(=O)C1)C1CN(Cc2ccnc(N3CCOCC3)c2)CC12CCOCC2. The van der Waals surface area contributed by atoms with Gasteiger partial charge in [0.1, 0.15) is 5.82 Å². The second-order valence-corrected chi connectivity index (χ2v) is 11.8. The lowest BCUT2D eigenvalue weighted by Crippen LogP contribution is -2.56. The average Bonchev–Trinajstić information content (AvgIpc) is 3.10. The van der Waals surface area contributed by atoms with Crippen molar-refractivity contribution in [3.8, 4) is 0 Å². The van der Waals surface area contributed by atoms with E-state index in [-0.39, 0.29) is 34.8 Å². The van der Waals surface area contributed by atoms with Gasteiger partial charge in [0.05, 0.1) is 36.7 Å². The maximum absolute atomic E-state index is 13.2. The van der Waals surface area contributed by atoms with Gasteiger partial charge in [0.15, 0.2) is 9.84 Å². The van der Waals surface area contributed by atoms with Crippen LogP contribution in [0.15, 0.2) is 18.3 Å². The summed E-state index contributed by atoms with van der Waals surface area (Å²) < 4.78 is 34.1. The second kappa shape index (κ2) is 8.89. The standard InChI is InChI=1S/C22H32N4O5S/c27-21(24-18-14-32(28,29)15-18)19-13-25(16-22(19)2-7-30-8-3-22)12-17-1-4-23-20(11-17)26-5-9-31-10-6-26/h1,4,11,18-19H,2-3,5-10,12-16H2,(H,24,27). The highest BCUT2D eigenvalue weighted by Gasteiger charge is 2.51. The van der Waals surface area contributed by atoms with E-state index in [2.05, 4.69) is 26.2 Å². The number of ether oxygens (including phenoxy) is 2. The van der Waals surface area contributed by atoms with Gasteiger partial charge in [0, 0.05) is 57.5 Å². The van der Waals surface area contributed by atoms with Gasteiger partial charge in [0.2, 0.25) is 5.91 Å². The lowest BCUT2D eigenvalue weighted by atomic mass is 9.71. The fourth-order valence-electron chi connectivity index (χ4n) is 5.57. The lowest BCUT2D eigenvalue weighted by molar-refractivity contribution is -0.130. The van der Waals surface area contributed by atoms with Gasteiger partial charge in [-0.2, -0.15) is 0 Å². The van der Waals surface area contributed by atoms with Crippen molar-refractivity contribution < 1.29 is 22.7 Å². The maximum Gasteiger partial charge on any atom is 0.225 e. The molecule has 1 amide bonds. The number of hydrogen-bond acceptors (Lipinski definition) is 8. The molecule has 1 atom stereocenters. The number of carbonyl (C=O) groups excluding carboxylic acids is 1. The van der Waals surface area contributed by atoms with Crippen molar-refractivity contribution in [3.63, 3.8) is 0 Å². The fraction of sp³-hybridized carbons (Fsp3) is 0.727. The molecule has 0 radical (unpaired) electrons. The van der Waals surface area contributed by atoms with Gasteiger partial charge in [-0.15, -0.1) is 0 Å². The Morgan fingerprint density at radius 3 is 2.59 bits per heavy atom. The third-order valence-corrected chi connectivity index (χ3v) is 9.15. The van der Waals surface area contributed by atoms with E-state index in [0.29, 0.717) is 19.8 Å². The zero-order chi connectivity index (χ0) is 22.2. The molecule has 0 bridgehead atoms. The molecule has 176 valence electrons. The Hall–Kier alpha value is -1.75. The van der Waals surface area contributed by atoms with Crippen molar-refractivity contribution in [2.24, 2.45) is 11.3 Å². The summed E-state index contributed by atoms with van der Waals surface area (Å²) in [5.74, 6) is 0.957. The van der Waals surface area contributed by atoms with Crippen molar-refractivity contribution in [2.75, 3.05) is 69.0 Å². The summed E-state index contributed by atoms with van der Waals surface area (Å²) in [6.45, 7) is 6.79. The number of likely N-dealkylation sites (tertiary alicyclic amines) is 1. The van der Waals surface area contributed by atoms with Crippen LogP contribution in [-0.2, 0) is 30.7 Å². The highest BCUT2D eigenvalue weighted by atomic mass is 32.2. The number of carbonyl (C=O) groups is 1. The van der Waals surface area contributed by atoms with E-state index in [1.54, 1.807) is 0 Å². The van der Waals surface area contributed by atoms with Crippen LogP contribution in [-0.4, -0.2) is 94.4 Å². The summed E-state index contributed by atoms with van der Waals surface area (Å²) in [7, 11) is -2.96.